The molecular formula is C15H23NO3. The van der Waals surface area contributed by atoms with Crippen LogP contribution in [0.5, 0.6) is 5.75 Å². The number of carbonyl (C=O) groups excluding carboxylic acids is 1. The Kier molecular flexibility index (Phi) is 5.83. The lowest BCUT2D eigenvalue weighted by Gasteiger charge is -2.16. The summed E-state index contributed by atoms with van der Waals surface area (Å²) < 4.78 is 10.3. The van der Waals surface area contributed by atoms with Gasteiger partial charge in [0.2, 0.25) is 0 Å². The minimum absolute atomic E-state index is 0.393. The molecule has 1 atom stereocenters. The van der Waals surface area contributed by atoms with E-state index in [1.807, 2.05) is 13.0 Å². The maximum absolute atomic E-state index is 11.2. The average Bonchev–Trinajstić information content (AvgIpc) is 2.37. The molecule has 0 spiro atoms. The summed E-state index contributed by atoms with van der Waals surface area (Å²) in [6.07, 6.45) is 0.443. The number of carbonyl (C=O) groups is 1. The van der Waals surface area contributed by atoms with E-state index >= 15 is 0 Å². The number of esters is 1. The van der Waals surface area contributed by atoms with Crippen LogP contribution in [0, 0.1) is 6.92 Å². The van der Waals surface area contributed by atoms with Crippen molar-refractivity contribution in [1.29, 1.82) is 0 Å². The third kappa shape index (κ3) is 4.56. The lowest BCUT2D eigenvalue weighted by atomic mass is 10.0. The average molecular weight is 265 g/mol. The molecule has 0 amide bonds. The Hall–Kier alpha value is -1.55. The number of hydrogen-bond acceptors (Lipinski definition) is 4. The fraction of sp³-hybridized carbons (Fsp3) is 0.533. The summed E-state index contributed by atoms with van der Waals surface area (Å²) in [5.41, 5.74) is 7.98. The van der Waals surface area contributed by atoms with Crippen molar-refractivity contribution < 1.29 is 14.3 Å². The van der Waals surface area contributed by atoms with Crippen molar-refractivity contribution in [3.05, 3.63) is 29.3 Å². The molecule has 0 heterocycles. The molecule has 106 valence electrons. The Labute approximate surface area is 114 Å². The van der Waals surface area contributed by atoms with Crippen LogP contribution in [0.2, 0.25) is 0 Å². The zero-order chi connectivity index (χ0) is 14.4. The fourth-order valence-electron chi connectivity index (χ4n) is 1.81. The molecule has 4 nitrogen and oxygen atoms in total. The van der Waals surface area contributed by atoms with Gasteiger partial charge in [0.05, 0.1) is 13.7 Å². The van der Waals surface area contributed by atoms with Gasteiger partial charge in [-0.2, -0.15) is 0 Å². The molecule has 4 heteroatoms. The van der Waals surface area contributed by atoms with Gasteiger partial charge in [-0.1, -0.05) is 26.0 Å². The topological polar surface area (TPSA) is 61.5 Å². The van der Waals surface area contributed by atoms with Crippen LogP contribution in [0.15, 0.2) is 18.2 Å². The van der Waals surface area contributed by atoms with Crippen molar-refractivity contribution in [2.24, 2.45) is 5.73 Å². The molecule has 0 bridgehead atoms. The SMILES string of the molecule is COC(=O)C(N)CCOc1cc(C)ccc1C(C)C. The maximum atomic E-state index is 11.2. The monoisotopic (exact) mass is 265 g/mol. The zero-order valence-corrected chi connectivity index (χ0v) is 12.1. The molecule has 19 heavy (non-hydrogen) atoms. The van der Waals surface area contributed by atoms with E-state index in [1.54, 1.807) is 0 Å². The third-order valence-electron chi connectivity index (χ3n) is 2.98. The summed E-state index contributed by atoms with van der Waals surface area (Å²) in [6.45, 7) is 6.67. The number of ether oxygens (including phenoxy) is 2. The summed E-state index contributed by atoms with van der Waals surface area (Å²) in [6, 6.07) is 5.54. The normalized spacial score (nSPS) is 12.3. The summed E-state index contributed by atoms with van der Waals surface area (Å²) in [4.78, 5) is 11.2. The van der Waals surface area contributed by atoms with E-state index < -0.39 is 12.0 Å². The predicted octanol–water partition coefficient (Wildman–Crippen LogP) is 2.39. The van der Waals surface area contributed by atoms with E-state index in [4.69, 9.17) is 10.5 Å². The summed E-state index contributed by atoms with van der Waals surface area (Å²) in [5.74, 6) is 0.855. The first-order valence-electron chi connectivity index (χ1n) is 6.52. The second-order valence-electron chi connectivity index (χ2n) is 4.96. The smallest absolute Gasteiger partial charge is 0.322 e. The molecule has 0 radical (unpaired) electrons. The second kappa shape index (κ2) is 7.14. The molecule has 0 saturated carbocycles. The Morgan fingerprint density at radius 2 is 2.05 bits per heavy atom. The highest BCUT2D eigenvalue weighted by Crippen LogP contribution is 2.27. The lowest BCUT2D eigenvalue weighted by Crippen LogP contribution is -2.33. The number of methoxy groups -OCH3 is 1. The second-order valence-corrected chi connectivity index (χ2v) is 4.96. The molecular weight excluding hydrogens is 242 g/mol. The number of rotatable bonds is 6. The van der Waals surface area contributed by atoms with Crippen LogP contribution in [0.25, 0.3) is 0 Å². The van der Waals surface area contributed by atoms with E-state index in [0.29, 0.717) is 18.9 Å². The van der Waals surface area contributed by atoms with Crippen molar-refractivity contribution in [2.45, 2.75) is 39.2 Å². The highest BCUT2D eigenvalue weighted by Gasteiger charge is 2.14. The number of aryl methyl sites for hydroxylation is 1. The summed E-state index contributed by atoms with van der Waals surface area (Å²) in [5, 5.41) is 0. The van der Waals surface area contributed by atoms with Gasteiger partial charge in [-0.05, 0) is 30.0 Å². The van der Waals surface area contributed by atoms with Crippen molar-refractivity contribution in [3.63, 3.8) is 0 Å². The molecule has 0 fully saturated rings. The fourth-order valence-corrected chi connectivity index (χ4v) is 1.81. The first-order chi connectivity index (χ1) is 8.95. The minimum atomic E-state index is -0.627. The highest BCUT2D eigenvalue weighted by molar-refractivity contribution is 5.75. The molecule has 0 saturated heterocycles. The van der Waals surface area contributed by atoms with Crippen LogP contribution in [-0.2, 0) is 9.53 Å². The van der Waals surface area contributed by atoms with Gasteiger partial charge in [-0.15, -0.1) is 0 Å². The zero-order valence-electron chi connectivity index (χ0n) is 12.1. The van der Waals surface area contributed by atoms with E-state index in [0.717, 1.165) is 16.9 Å². The van der Waals surface area contributed by atoms with Gasteiger partial charge >= 0.3 is 5.97 Å². The molecule has 1 aromatic carbocycles. The minimum Gasteiger partial charge on any atom is -0.493 e. The third-order valence-corrected chi connectivity index (χ3v) is 2.98. The number of nitrogens with two attached hydrogens (primary N) is 1. The molecule has 1 rings (SSSR count). The van der Waals surface area contributed by atoms with Crippen molar-refractivity contribution in [1.82, 2.24) is 0 Å². The summed E-state index contributed by atoms with van der Waals surface area (Å²) in [7, 11) is 1.33. The van der Waals surface area contributed by atoms with Gasteiger partial charge in [-0.3, -0.25) is 4.79 Å². The van der Waals surface area contributed by atoms with Crippen LogP contribution in [-0.4, -0.2) is 25.7 Å². The molecule has 0 aliphatic carbocycles. The Morgan fingerprint density at radius 1 is 1.37 bits per heavy atom. The lowest BCUT2D eigenvalue weighted by molar-refractivity contribution is -0.142. The molecule has 1 unspecified atom stereocenters. The first-order valence-corrected chi connectivity index (χ1v) is 6.52. The van der Waals surface area contributed by atoms with E-state index in [-0.39, 0.29) is 0 Å². The summed E-state index contributed by atoms with van der Waals surface area (Å²) >= 11 is 0. The number of hydrogen-bond donors (Lipinski definition) is 1. The van der Waals surface area contributed by atoms with Crippen molar-refractivity contribution >= 4 is 5.97 Å². The quantitative estimate of drug-likeness (QED) is 0.802. The largest absolute Gasteiger partial charge is 0.493 e. The van der Waals surface area contributed by atoms with E-state index in [2.05, 4.69) is 30.7 Å². The van der Waals surface area contributed by atoms with Crippen LogP contribution in [0.1, 0.15) is 37.3 Å². The molecule has 2 N–H and O–H groups in total. The highest BCUT2D eigenvalue weighted by atomic mass is 16.5. The number of benzene rings is 1. The Morgan fingerprint density at radius 3 is 2.63 bits per heavy atom. The Bertz CT molecular complexity index is 429. The van der Waals surface area contributed by atoms with Crippen LogP contribution >= 0.6 is 0 Å². The van der Waals surface area contributed by atoms with E-state index in [1.165, 1.54) is 7.11 Å². The molecule has 1 aromatic rings. The molecule has 0 aliphatic heterocycles. The van der Waals surface area contributed by atoms with Crippen LogP contribution in [0.4, 0.5) is 0 Å². The standard InChI is InChI=1S/C15H23NO3/c1-10(2)12-6-5-11(3)9-14(12)19-8-7-13(16)15(17)18-4/h5-6,9-10,13H,7-8,16H2,1-4H3. The predicted molar refractivity (Wildman–Crippen MR) is 75.4 cm³/mol. The molecule has 0 aromatic heterocycles. The van der Waals surface area contributed by atoms with Gasteiger partial charge in [0.25, 0.3) is 0 Å². The Balaban J connectivity index is 2.62. The maximum Gasteiger partial charge on any atom is 0.322 e. The molecule has 0 aliphatic rings. The van der Waals surface area contributed by atoms with Gasteiger partial charge in [0.1, 0.15) is 11.8 Å². The van der Waals surface area contributed by atoms with Crippen LogP contribution in [0.3, 0.4) is 0 Å². The van der Waals surface area contributed by atoms with Gasteiger partial charge < -0.3 is 15.2 Å². The van der Waals surface area contributed by atoms with Crippen molar-refractivity contribution in [2.75, 3.05) is 13.7 Å². The first kappa shape index (κ1) is 15.5. The van der Waals surface area contributed by atoms with E-state index in [9.17, 15) is 4.79 Å². The van der Waals surface area contributed by atoms with Gasteiger partial charge in [0, 0.05) is 6.42 Å². The van der Waals surface area contributed by atoms with Gasteiger partial charge in [-0.25, -0.2) is 0 Å². The van der Waals surface area contributed by atoms with Crippen molar-refractivity contribution in [3.8, 4) is 5.75 Å². The van der Waals surface area contributed by atoms with Gasteiger partial charge in [0.15, 0.2) is 0 Å². The van der Waals surface area contributed by atoms with Crippen LogP contribution < -0.4 is 10.5 Å².